The lowest BCUT2D eigenvalue weighted by atomic mass is 10.2. The number of methoxy groups -OCH3 is 1. The molecule has 0 aliphatic carbocycles. The van der Waals surface area contributed by atoms with Crippen LogP contribution >= 0.6 is 0 Å². The number of amides is 1. The van der Waals surface area contributed by atoms with Crippen LogP contribution in [0.3, 0.4) is 0 Å². The first-order chi connectivity index (χ1) is 16.3. The summed E-state index contributed by atoms with van der Waals surface area (Å²) in [4.78, 5) is 25.0. The number of sulfonamides is 1. The number of esters is 1. The van der Waals surface area contributed by atoms with Crippen LogP contribution in [0, 0.1) is 5.82 Å². The predicted molar refractivity (Wildman–Crippen MR) is 125 cm³/mol. The van der Waals surface area contributed by atoms with E-state index in [9.17, 15) is 22.4 Å². The monoisotopic (exact) mass is 486 g/mol. The van der Waals surface area contributed by atoms with Gasteiger partial charge in [-0.25, -0.2) is 17.6 Å². The molecule has 0 spiro atoms. The van der Waals surface area contributed by atoms with Crippen molar-refractivity contribution < 1.29 is 31.9 Å². The van der Waals surface area contributed by atoms with E-state index in [-0.39, 0.29) is 28.4 Å². The van der Waals surface area contributed by atoms with Gasteiger partial charge in [-0.1, -0.05) is 12.1 Å². The second-order valence-electron chi connectivity index (χ2n) is 6.98. The molecular weight excluding hydrogens is 463 g/mol. The maximum atomic E-state index is 13.5. The molecule has 0 unspecified atom stereocenters. The van der Waals surface area contributed by atoms with Crippen LogP contribution in [0.25, 0.3) is 0 Å². The normalized spacial score (nSPS) is 10.9. The molecule has 0 fully saturated rings. The first-order valence-corrected chi connectivity index (χ1v) is 11.7. The highest BCUT2D eigenvalue weighted by Gasteiger charge is 2.28. The van der Waals surface area contributed by atoms with Crippen molar-refractivity contribution in [3.8, 4) is 5.75 Å². The van der Waals surface area contributed by atoms with Gasteiger partial charge in [-0.05, 0) is 67.6 Å². The maximum Gasteiger partial charge on any atom is 0.340 e. The second kappa shape index (κ2) is 10.8. The standard InChI is InChI=1S/C24H23FN2O6S/c1-3-33-24(29)21-6-4-5-7-22(21)26-23(28)16-27(18-10-8-17(25)9-11-18)34(30,31)20-14-12-19(32-2)13-15-20/h4-15H,3,16H2,1-2H3,(H,26,28). The zero-order chi connectivity index (χ0) is 24.7. The summed E-state index contributed by atoms with van der Waals surface area (Å²) < 4.78 is 51.2. The average molecular weight is 487 g/mol. The third-order valence-corrected chi connectivity index (χ3v) is 6.53. The van der Waals surface area contributed by atoms with Crippen LogP contribution in [-0.4, -0.2) is 40.6 Å². The summed E-state index contributed by atoms with van der Waals surface area (Å²) in [5.41, 5.74) is 0.391. The van der Waals surface area contributed by atoms with Crippen molar-refractivity contribution in [1.82, 2.24) is 0 Å². The first-order valence-electron chi connectivity index (χ1n) is 10.2. The molecule has 0 aromatic heterocycles. The number of benzene rings is 3. The van der Waals surface area contributed by atoms with E-state index < -0.39 is 34.3 Å². The van der Waals surface area contributed by atoms with Gasteiger partial charge in [-0.2, -0.15) is 0 Å². The number of nitrogens with zero attached hydrogens (tertiary/aromatic N) is 1. The number of ether oxygens (including phenoxy) is 2. The van der Waals surface area contributed by atoms with Crippen molar-refractivity contribution in [3.63, 3.8) is 0 Å². The number of carbonyl (C=O) groups is 2. The minimum absolute atomic E-state index is 0.0858. The Labute approximate surface area is 197 Å². The first kappa shape index (κ1) is 24.7. The molecule has 0 radical (unpaired) electrons. The van der Waals surface area contributed by atoms with Gasteiger partial charge in [0.1, 0.15) is 18.1 Å². The summed E-state index contributed by atoms with van der Waals surface area (Å²) >= 11 is 0. The summed E-state index contributed by atoms with van der Waals surface area (Å²) in [6, 6.07) is 16.6. The Kier molecular flexibility index (Phi) is 7.85. The molecular formula is C24H23FN2O6S. The summed E-state index contributed by atoms with van der Waals surface area (Å²) in [6.45, 7) is 1.18. The molecule has 0 heterocycles. The molecule has 1 N–H and O–H groups in total. The fourth-order valence-corrected chi connectivity index (χ4v) is 4.52. The van der Waals surface area contributed by atoms with E-state index in [1.807, 2.05) is 0 Å². The minimum atomic E-state index is -4.21. The Morgan fingerprint density at radius 3 is 2.24 bits per heavy atom. The summed E-state index contributed by atoms with van der Waals surface area (Å²) in [7, 11) is -2.76. The fourth-order valence-electron chi connectivity index (χ4n) is 3.10. The van der Waals surface area contributed by atoms with Gasteiger partial charge in [-0.15, -0.1) is 0 Å². The minimum Gasteiger partial charge on any atom is -0.497 e. The lowest BCUT2D eigenvalue weighted by Gasteiger charge is -2.24. The van der Waals surface area contributed by atoms with E-state index >= 15 is 0 Å². The number of para-hydroxylation sites is 1. The van der Waals surface area contributed by atoms with Crippen molar-refractivity contribution in [1.29, 1.82) is 0 Å². The van der Waals surface area contributed by atoms with Gasteiger partial charge in [0, 0.05) is 0 Å². The van der Waals surface area contributed by atoms with Crippen molar-refractivity contribution in [2.45, 2.75) is 11.8 Å². The van der Waals surface area contributed by atoms with Crippen LogP contribution in [0.4, 0.5) is 15.8 Å². The van der Waals surface area contributed by atoms with E-state index in [1.165, 1.54) is 55.6 Å². The van der Waals surface area contributed by atoms with Gasteiger partial charge in [0.15, 0.2) is 0 Å². The molecule has 10 heteroatoms. The van der Waals surface area contributed by atoms with Crippen molar-refractivity contribution in [2.24, 2.45) is 0 Å². The quantitative estimate of drug-likeness (QED) is 0.461. The van der Waals surface area contributed by atoms with Gasteiger partial charge in [0.05, 0.1) is 35.6 Å². The molecule has 3 aromatic rings. The third kappa shape index (κ3) is 5.70. The number of anilines is 2. The Balaban J connectivity index is 1.93. The molecule has 0 atom stereocenters. The third-order valence-electron chi connectivity index (χ3n) is 4.75. The van der Waals surface area contributed by atoms with E-state index in [4.69, 9.17) is 9.47 Å². The molecule has 0 bridgehead atoms. The largest absolute Gasteiger partial charge is 0.497 e. The highest BCUT2D eigenvalue weighted by atomic mass is 32.2. The number of hydrogen-bond donors (Lipinski definition) is 1. The SMILES string of the molecule is CCOC(=O)c1ccccc1NC(=O)CN(c1ccc(F)cc1)S(=O)(=O)c1ccc(OC)cc1. The van der Waals surface area contributed by atoms with Crippen LogP contribution in [0.1, 0.15) is 17.3 Å². The zero-order valence-corrected chi connectivity index (χ0v) is 19.3. The van der Waals surface area contributed by atoms with E-state index in [0.29, 0.717) is 5.75 Å². The van der Waals surface area contributed by atoms with Crippen molar-refractivity contribution in [2.75, 3.05) is 29.9 Å². The molecule has 3 rings (SSSR count). The van der Waals surface area contributed by atoms with E-state index in [0.717, 1.165) is 16.4 Å². The van der Waals surface area contributed by atoms with Gasteiger partial charge in [0.2, 0.25) is 5.91 Å². The number of halogens is 1. The van der Waals surface area contributed by atoms with Gasteiger partial charge in [0.25, 0.3) is 10.0 Å². The predicted octanol–water partition coefficient (Wildman–Crippen LogP) is 3.85. The van der Waals surface area contributed by atoms with Crippen LogP contribution in [0.15, 0.2) is 77.7 Å². The molecule has 178 valence electrons. The molecule has 0 saturated carbocycles. The highest BCUT2D eigenvalue weighted by molar-refractivity contribution is 7.92. The van der Waals surface area contributed by atoms with Gasteiger partial charge >= 0.3 is 5.97 Å². The summed E-state index contributed by atoms with van der Waals surface area (Å²) in [5.74, 6) is -1.43. The fraction of sp³-hybridized carbons (Fsp3) is 0.167. The van der Waals surface area contributed by atoms with Crippen LogP contribution < -0.4 is 14.4 Å². The molecule has 3 aromatic carbocycles. The Morgan fingerprint density at radius 1 is 0.971 bits per heavy atom. The molecule has 1 amide bonds. The van der Waals surface area contributed by atoms with Crippen molar-refractivity contribution >= 4 is 33.3 Å². The van der Waals surface area contributed by atoms with E-state index in [2.05, 4.69) is 5.32 Å². The van der Waals surface area contributed by atoms with Gasteiger partial charge in [-0.3, -0.25) is 9.10 Å². The topological polar surface area (TPSA) is 102 Å². The molecule has 34 heavy (non-hydrogen) atoms. The van der Waals surface area contributed by atoms with Crippen LogP contribution in [-0.2, 0) is 19.6 Å². The summed E-state index contributed by atoms with van der Waals surface area (Å²) in [5, 5.41) is 2.56. The number of carbonyl (C=O) groups excluding carboxylic acids is 2. The molecule has 0 saturated heterocycles. The Bertz CT molecular complexity index is 1260. The molecule has 0 aliphatic rings. The highest BCUT2D eigenvalue weighted by Crippen LogP contribution is 2.26. The lowest BCUT2D eigenvalue weighted by Crippen LogP contribution is -2.38. The maximum absolute atomic E-state index is 13.5. The second-order valence-corrected chi connectivity index (χ2v) is 8.84. The number of nitrogens with one attached hydrogen (secondary N) is 1. The summed E-state index contributed by atoms with van der Waals surface area (Å²) in [6.07, 6.45) is 0. The Morgan fingerprint density at radius 2 is 1.62 bits per heavy atom. The number of hydrogen-bond acceptors (Lipinski definition) is 6. The molecule has 8 nitrogen and oxygen atoms in total. The number of rotatable bonds is 9. The van der Waals surface area contributed by atoms with Gasteiger partial charge < -0.3 is 14.8 Å². The zero-order valence-electron chi connectivity index (χ0n) is 18.5. The van der Waals surface area contributed by atoms with Crippen LogP contribution in [0.2, 0.25) is 0 Å². The Hall–Kier alpha value is -3.92. The smallest absolute Gasteiger partial charge is 0.340 e. The molecule has 0 aliphatic heterocycles. The average Bonchev–Trinajstić information content (AvgIpc) is 2.83. The van der Waals surface area contributed by atoms with Crippen molar-refractivity contribution in [3.05, 3.63) is 84.2 Å². The van der Waals surface area contributed by atoms with E-state index in [1.54, 1.807) is 19.1 Å². The van der Waals surface area contributed by atoms with Crippen LogP contribution in [0.5, 0.6) is 5.75 Å². The lowest BCUT2D eigenvalue weighted by molar-refractivity contribution is -0.114.